The van der Waals surface area contributed by atoms with Crippen LogP contribution in [0.15, 0.2) is 30.6 Å². The number of amides is 1. The number of carbonyl (C=O) groups is 1. The summed E-state index contributed by atoms with van der Waals surface area (Å²) in [5, 5.41) is 3.23. The van der Waals surface area contributed by atoms with Gasteiger partial charge in [-0.1, -0.05) is 6.07 Å². The lowest BCUT2D eigenvalue weighted by molar-refractivity contribution is -0.181. The highest BCUT2D eigenvalue weighted by Crippen LogP contribution is 2.31. The van der Waals surface area contributed by atoms with Gasteiger partial charge in [0, 0.05) is 31.6 Å². The van der Waals surface area contributed by atoms with Gasteiger partial charge in [0.2, 0.25) is 0 Å². The number of aryl methyl sites for hydroxylation is 2. The van der Waals surface area contributed by atoms with E-state index >= 15 is 0 Å². The molecule has 0 saturated carbocycles. The predicted molar refractivity (Wildman–Crippen MR) is 101 cm³/mol. The fourth-order valence-corrected chi connectivity index (χ4v) is 3.70. The average molecular weight is 368 g/mol. The van der Waals surface area contributed by atoms with Gasteiger partial charge in [-0.05, 0) is 37.1 Å². The molecule has 3 heterocycles. The summed E-state index contributed by atoms with van der Waals surface area (Å²) in [6.45, 7) is 6.57. The lowest BCUT2D eigenvalue weighted by Crippen LogP contribution is -2.47. The highest BCUT2D eigenvalue weighted by atomic mass is 16.7. The minimum Gasteiger partial charge on any atom is -0.347 e. The number of nitrogens with zero attached hydrogens (tertiary/aromatic N) is 3. The first kappa shape index (κ1) is 17.9. The normalized spacial score (nSPS) is 18.7. The van der Waals surface area contributed by atoms with Crippen molar-refractivity contribution in [2.24, 2.45) is 0 Å². The lowest BCUT2D eigenvalue weighted by atomic mass is 10.0. The quantitative estimate of drug-likeness (QED) is 0.898. The Bertz CT molecular complexity index is 801. The Labute approximate surface area is 158 Å². The third-order valence-corrected chi connectivity index (χ3v) is 4.99. The van der Waals surface area contributed by atoms with Crippen LogP contribution < -0.4 is 5.32 Å². The van der Waals surface area contributed by atoms with Gasteiger partial charge in [0.1, 0.15) is 11.5 Å². The highest BCUT2D eigenvalue weighted by molar-refractivity contribution is 5.92. The van der Waals surface area contributed by atoms with Crippen LogP contribution in [-0.2, 0) is 9.47 Å². The van der Waals surface area contributed by atoms with E-state index < -0.39 is 5.79 Å². The van der Waals surface area contributed by atoms with Gasteiger partial charge in [-0.25, -0.2) is 9.97 Å². The second-order valence-electron chi connectivity index (χ2n) is 7.19. The summed E-state index contributed by atoms with van der Waals surface area (Å²) in [5.41, 5.74) is 3.66. The number of piperidine rings is 1. The molecule has 7 heteroatoms. The Morgan fingerprint density at radius 3 is 2.30 bits per heavy atom. The van der Waals surface area contributed by atoms with Crippen molar-refractivity contribution in [3.63, 3.8) is 0 Å². The zero-order valence-corrected chi connectivity index (χ0v) is 15.7. The van der Waals surface area contributed by atoms with Gasteiger partial charge < -0.3 is 19.7 Å². The molecule has 0 radical (unpaired) electrons. The van der Waals surface area contributed by atoms with Crippen molar-refractivity contribution < 1.29 is 14.3 Å². The highest BCUT2D eigenvalue weighted by Gasteiger charge is 2.41. The van der Waals surface area contributed by atoms with Crippen molar-refractivity contribution in [2.45, 2.75) is 32.5 Å². The van der Waals surface area contributed by atoms with Crippen LogP contribution in [0, 0.1) is 13.8 Å². The first-order chi connectivity index (χ1) is 13.0. The predicted octanol–water partition coefficient (Wildman–Crippen LogP) is 2.82. The lowest BCUT2D eigenvalue weighted by Gasteiger charge is -2.37. The average Bonchev–Trinajstić information content (AvgIpc) is 3.10. The first-order valence-corrected chi connectivity index (χ1v) is 9.28. The molecule has 0 atom stereocenters. The minimum absolute atomic E-state index is 0.103. The molecule has 1 aromatic heterocycles. The molecule has 2 aliphatic rings. The fourth-order valence-electron chi connectivity index (χ4n) is 3.70. The number of hydrogen-bond donors (Lipinski definition) is 1. The van der Waals surface area contributed by atoms with E-state index in [-0.39, 0.29) is 5.91 Å². The molecule has 4 rings (SSSR count). The monoisotopic (exact) mass is 368 g/mol. The van der Waals surface area contributed by atoms with Crippen molar-refractivity contribution >= 4 is 17.4 Å². The molecule has 1 aromatic carbocycles. The second kappa shape index (κ2) is 7.25. The number of ether oxygens (including phenoxy) is 2. The number of aromatic nitrogens is 2. The van der Waals surface area contributed by atoms with Crippen LogP contribution in [0.1, 0.15) is 34.5 Å². The van der Waals surface area contributed by atoms with Crippen LogP contribution in [0.3, 0.4) is 0 Å². The number of likely N-dealkylation sites (tertiary alicyclic amines) is 1. The molecule has 1 spiro atoms. The number of nitrogens with one attached hydrogen (secondary N) is 1. The third kappa shape index (κ3) is 3.94. The molecule has 2 saturated heterocycles. The van der Waals surface area contributed by atoms with E-state index in [0.29, 0.717) is 50.7 Å². The smallest absolute Gasteiger partial charge is 0.274 e. The summed E-state index contributed by atoms with van der Waals surface area (Å²) in [6, 6.07) is 6.21. The van der Waals surface area contributed by atoms with Crippen molar-refractivity contribution in [1.29, 1.82) is 0 Å². The van der Waals surface area contributed by atoms with Gasteiger partial charge in [-0.3, -0.25) is 4.79 Å². The molecule has 2 aliphatic heterocycles. The van der Waals surface area contributed by atoms with E-state index in [0.717, 1.165) is 5.69 Å². The Morgan fingerprint density at radius 2 is 1.70 bits per heavy atom. The van der Waals surface area contributed by atoms with Crippen molar-refractivity contribution in [1.82, 2.24) is 14.9 Å². The molecule has 27 heavy (non-hydrogen) atoms. The maximum atomic E-state index is 12.7. The largest absolute Gasteiger partial charge is 0.347 e. The van der Waals surface area contributed by atoms with Gasteiger partial charge in [0.15, 0.2) is 5.79 Å². The summed E-state index contributed by atoms with van der Waals surface area (Å²) in [6.07, 6.45) is 4.51. The molecule has 0 unspecified atom stereocenters. The minimum atomic E-state index is -0.484. The molecule has 1 amide bonds. The summed E-state index contributed by atoms with van der Waals surface area (Å²) in [5.74, 6) is 0.0255. The van der Waals surface area contributed by atoms with Gasteiger partial charge in [0.25, 0.3) is 5.91 Å². The Balaban J connectivity index is 1.39. The Hall–Kier alpha value is -2.51. The molecule has 142 valence electrons. The Morgan fingerprint density at radius 1 is 1.04 bits per heavy atom. The fraction of sp³-hybridized carbons (Fsp3) is 0.450. The van der Waals surface area contributed by atoms with E-state index in [1.54, 1.807) is 11.1 Å². The van der Waals surface area contributed by atoms with E-state index in [1.165, 1.54) is 17.3 Å². The van der Waals surface area contributed by atoms with Crippen LogP contribution >= 0.6 is 0 Å². The first-order valence-electron chi connectivity index (χ1n) is 9.28. The van der Waals surface area contributed by atoms with E-state index in [9.17, 15) is 4.79 Å². The molecule has 2 aromatic rings. The van der Waals surface area contributed by atoms with Crippen LogP contribution in [0.5, 0.6) is 0 Å². The zero-order chi connectivity index (χ0) is 18.9. The maximum Gasteiger partial charge on any atom is 0.274 e. The van der Waals surface area contributed by atoms with Crippen LogP contribution in [0.4, 0.5) is 11.5 Å². The number of hydrogen-bond acceptors (Lipinski definition) is 6. The number of benzene rings is 1. The van der Waals surface area contributed by atoms with E-state index in [2.05, 4.69) is 35.2 Å². The van der Waals surface area contributed by atoms with Gasteiger partial charge >= 0.3 is 0 Å². The van der Waals surface area contributed by atoms with Crippen LogP contribution in [0.2, 0.25) is 0 Å². The van der Waals surface area contributed by atoms with Crippen molar-refractivity contribution in [2.75, 3.05) is 31.6 Å². The van der Waals surface area contributed by atoms with Gasteiger partial charge in [0.05, 0.1) is 25.6 Å². The van der Waals surface area contributed by atoms with Gasteiger partial charge in [-0.2, -0.15) is 0 Å². The van der Waals surface area contributed by atoms with Crippen LogP contribution in [-0.4, -0.2) is 52.9 Å². The molecular weight excluding hydrogens is 344 g/mol. The number of carbonyl (C=O) groups excluding carboxylic acids is 1. The molecular formula is C20H24N4O3. The molecule has 1 N–H and O–H groups in total. The SMILES string of the molecule is Cc1cc(C)cc(Nc2cnc(C(=O)N3CCC4(CC3)OCCO4)cn2)c1. The second-order valence-corrected chi connectivity index (χ2v) is 7.19. The summed E-state index contributed by atoms with van der Waals surface area (Å²) in [7, 11) is 0. The van der Waals surface area contributed by atoms with Crippen molar-refractivity contribution in [3.8, 4) is 0 Å². The number of anilines is 2. The Kier molecular flexibility index (Phi) is 4.80. The van der Waals surface area contributed by atoms with Gasteiger partial charge in [-0.15, -0.1) is 0 Å². The molecule has 0 aliphatic carbocycles. The molecule has 0 bridgehead atoms. The summed E-state index contributed by atoms with van der Waals surface area (Å²) in [4.78, 5) is 23.1. The maximum absolute atomic E-state index is 12.7. The number of rotatable bonds is 3. The van der Waals surface area contributed by atoms with Crippen LogP contribution in [0.25, 0.3) is 0 Å². The molecule has 2 fully saturated rings. The standard InChI is InChI=1S/C20H24N4O3/c1-14-9-15(2)11-16(10-14)23-18-13-21-17(12-22-18)19(25)24-5-3-20(4-6-24)26-7-8-27-20/h9-13H,3-8H2,1-2H3,(H,22,23). The third-order valence-electron chi connectivity index (χ3n) is 4.99. The van der Waals surface area contributed by atoms with Crippen molar-refractivity contribution in [3.05, 3.63) is 47.4 Å². The van der Waals surface area contributed by atoms with E-state index in [1.807, 2.05) is 12.1 Å². The topological polar surface area (TPSA) is 76.6 Å². The summed E-state index contributed by atoms with van der Waals surface area (Å²) >= 11 is 0. The molecule has 7 nitrogen and oxygen atoms in total. The zero-order valence-electron chi connectivity index (χ0n) is 15.7. The summed E-state index contributed by atoms with van der Waals surface area (Å²) < 4.78 is 11.4. The van der Waals surface area contributed by atoms with E-state index in [4.69, 9.17) is 9.47 Å².